The maximum atomic E-state index is 12.6. The maximum Gasteiger partial charge on any atom is 0.225 e. The Kier molecular flexibility index (Phi) is 5.10. The first-order chi connectivity index (χ1) is 12.3. The number of ether oxygens (including phenoxy) is 2. The first-order valence-corrected chi connectivity index (χ1v) is 9.64. The van der Waals surface area contributed by atoms with Gasteiger partial charge in [0.1, 0.15) is 6.10 Å². The molecule has 0 spiro atoms. The van der Waals surface area contributed by atoms with Crippen LogP contribution in [0.5, 0.6) is 0 Å². The number of hydrogen-bond acceptors (Lipinski definition) is 5. The summed E-state index contributed by atoms with van der Waals surface area (Å²) >= 11 is 1.70. The van der Waals surface area contributed by atoms with Gasteiger partial charge in [0.15, 0.2) is 0 Å². The molecule has 6 heteroatoms. The van der Waals surface area contributed by atoms with Crippen LogP contribution in [0.25, 0.3) is 0 Å². The van der Waals surface area contributed by atoms with Crippen LogP contribution in [0.2, 0.25) is 0 Å². The molecule has 25 heavy (non-hydrogen) atoms. The van der Waals surface area contributed by atoms with E-state index in [9.17, 15) is 4.79 Å². The van der Waals surface area contributed by atoms with Crippen LogP contribution in [0.1, 0.15) is 35.1 Å². The van der Waals surface area contributed by atoms with Crippen molar-refractivity contribution in [2.45, 2.75) is 38.1 Å². The topological polar surface area (TPSA) is 51.7 Å². The highest BCUT2D eigenvalue weighted by molar-refractivity contribution is 7.10. The molecule has 0 N–H and O–H groups in total. The number of nitrogens with zero attached hydrogens (tertiary/aromatic N) is 2. The number of pyridine rings is 1. The zero-order valence-corrected chi connectivity index (χ0v) is 14.9. The Morgan fingerprint density at radius 1 is 1.40 bits per heavy atom. The molecule has 0 aromatic carbocycles. The average Bonchev–Trinajstić information content (AvgIpc) is 3.31. The Balaban J connectivity index is 1.28. The monoisotopic (exact) mass is 358 g/mol. The fraction of sp³-hybridized carbons (Fsp3) is 0.474. The fourth-order valence-electron chi connectivity index (χ4n) is 3.44. The lowest BCUT2D eigenvalue weighted by Gasteiger charge is -2.25. The molecule has 4 heterocycles. The summed E-state index contributed by atoms with van der Waals surface area (Å²) in [5.74, 6) is 0.162. The summed E-state index contributed by atoms with van der Waals surface area (Å²) in [6.45, 7) is 2.63. The van der Waals surface area contributed by atoms with Crippen molar-refractivity contribution in [3.63, 3.8) is 0 Å². The van der Waals surface area contributed by atoms with Crippen LogP contribution in [-0.4, -0.2) is 41.6 Å². The molecule has 0 unspecified atom stereocenters. The highest BCUT2D eigenvalue weighted by atomic mass is 32.1. The van der Waals surface area contributed by atoms with E-state index in [-0.39, 0.29) is 18.1 Å². The minimum Gasteiger partial charge on any atom is -0.372 e. The lowest BCUT2D eigenvalue weighted by Crippen LogP contribution is -2.32. The van der Waals surface area contributed by atoms with Gasteiger partial charge in [-0.1, -0.05) is 6.07 Å². The summed E-state index contributed by atoms with van der Waals surface area (Å²) in [5, 5.41) is 2.09. The third-order valence-electron chi connectivity index (χ3n) is 4.81. The van der Waals surface area contributed by atoms with E-state index in [1.807, 2.05) is 23.1 Å². The number of amides is 1. The molecule has 2 aliphatic heterocycles. The molecule has 2 aliphatic rings. The second-order valence-electron chi connectivity index (χ2n) is 6.51. The molecule has 1 saturated heterocycles. The predicted molar refractivity (Wildman–Crippen MR) is 95.3 cm³/mol. The molecule has 0 radical (unpaired) electrons. The summed E-state index contributed by atoms with van der Waals surface area (Å²) < 4.78 is 11.8. The normalized spacial score (nSPS) is 22.8. The highest BCUT2D eigenvalue weighted by Crippen LogP contribution is 2.34. The first-order valence-electron chi connectivity index (χ1n) is 8.77. The van der Waals surface area contributed by atoms with Crippen LogP contribution in [0.15, 0.2) is 35.8 Å². The third-order valence-corrected chi connectivity index (χ3v) is 5.87. The van der Waals surface area contributed by atoms with Crippen molar-refractivity contribution in [3.05, 3.63) is 52.0 Å². The molecule has 2 aromatic heterocycles. The Morgan fingerprint density at radius 2 is 2.36 bits per heavy atom. The minimum atomic E-state index is -0.0789. The number of carbonyl (C=O) groups excluding carboxylic acids is 1. The van der Waals surface area contributed by atoms with E-state index in [0.717, 1.165) is 25.1 Å². The van der Waals surface area contributed by atoms with Crippen molar-refractivity contribution < 1.29 is 14.3 Å². The summed E-state index contributed by atoms with van der Waals surface area (Å²) in [7, 11) is 0. The smallest absolute Gasteiger partial charge is 0.225 e. The number of carbonyl (C=O) groups is 1. The predicted octanol–water partition coefficient (Wildman–Crippen LogP) is 2.96. The van der Waals surface area contributed by atoms with Gasteiger partial charge in [-0.2, -0.15) is 0 Å². The average molecular weight is 358 g/mol. The molecule has 132 valence electrons. The van der Waals surface area contributed by atoms with Crippen molar-refractivity contribution in [3.8, 4) is 0 Å². The lowest BCUT2D eigenvalue weighted by atomic mass is 10.1. The van der Waals surface area contributed by atoms with Gasteiger partial charge in [-0.25, -0.2) is 0 Å². The van der Waals surface area contributed by atoms with E-state index >= 15 is 0 Å². The summed E-state index contributed by atoms with van der Waals surface area (Å²) in [6.07, 6.45) is 4.05. The largest absolute Gasteiger partial charge is 0.372 e. The van der Waals surface area contributed by atoms with Gasteiger partial charge >= 0.3 is 0 Å². The quantitative estimate of drug-likeness (QED) is 0.825. The Labute approximate surface area is 151 Å². The Bertz CT molecular complexity index is 718. The molecule has 5 nitrogen and oxygen atoms in total. The van der Waals surface area contributed by atoms with Crippen LogP contribution in [0, 0.1) is 0 Å². The SMILES string of the molecule is O=C(C[C@@H]1OCCc2ccsc21)N1CC[C@H](OCc2ccccn2)C1. The van der Waals surface area contributed by atoms with Crippen molar-refractivity contribution in [2.24, 2.45) is 0 Å². The van der Waals surface area contributed by atoms with Gasteiger partial charge in [0.05, 0.1) is 31.4 Å². The van der Waals surface area contributed by atoms with Crippen LogP contribution in [0.4, 0.5) is 0 Å². The lowest BCUT2D eigenvalue weighted by molar-refractivity contribution is -0.134. The fourth-order valence-corrected chi connectivity index (χ4v) is 4.44. The number of hydrogen-bond donors (Lipinski definition) is 0. The number of fused-ring (bicyclic) bond motifs is 1. The van der Waals surface area contributed by atoms with E-state index in [1.54, 1.807) is 17.5 Å². The van der Waals surface area contributed by atoms with Gasteiger partial charge in [-0.15, -0.1) is 11.3 Å². The second-order valence-corrected chi connectivity index (χ2v) is 7.45. The summed E-state index contributed by atoms with van der Waals surface area (Å²) in [5.41, 5.74) is 2.26. The van der Waals surface area contributed by atoms with Crippen molar-refractivity contribution in [1.82, 2.24) is 9.88 Å². The van der Waals surface area contributed by atoms with Gasteiger partial charge in [-0.3, -0.25) is 9.78 Å². The van der Waals surface area contributed by atoms with Gasteiger partial charge in [-0.05, 0) is 42.0 Å². The molecule has 1 fully saturated rings. The summed E-state index contributed by atoms with van der Waals surface area (Å²) in [6, 6.07) is 7.96. The molecule has 2 aromatic rings. The molecule has 2 atom stereocenters. The zero-order chi connectivity index (χ0) is 17.1. The molecular formula is C19H22N2O3S. The Morgan fingerprint density at radius 3 is 3.24 bits per heavy atom. The number of rotatable bonds is 5. The van der Waals surface area contributed by atoms with Crippen LogP contribution < -0.4 is 0 Å². The van der Waals surface area contributed by atoms with E-state index in [1.165, 1.54) is 10.4 Å². The van der Waals surface area contributed by atoms with Crippen LogP contribution in [-0.2, 0) is 27.3 Å². The van der Waals surface area contributed by atoms with Gasteiger partial charge in [0.2, 0.25) is 5.91 Å². The molecule has 0 bridgehead atoms. The second kappa shape index (κ2) is 7.64. The van der Waals surface area contributed by atoms with Gasteiger partial charge in [0.25, 0.3) is 0 Å². The van der Waals surface area contributed by atoms with E-state index in [4.69, 9.17) is 9.47 Å². The van der Waals surface area contributed by atoms with Gasteiger partial charge in [0, 0.05) is 24.2 Å². The maximum absolute atomic E-state index is 12.6. The van der Waals surface area contributed by atoms with E-state index in [2.05, 4.69) is 16.4 Å². The minimum absolute atomic E-state index is 0.0789. The first kappa shape index (κ1) is 16.7. The summed E-state index contributed by atoms with van der Waals surface area (Å²) in [4.78, 5) is 20.0. The van der Waals surface area contributed by atoms with Crippen molar-refractivity contribution in [2.75, 3.05) is 19.7 Å². The van der Waals surface area contributed by atoms with Crippen LogP contribution >= 0.6 is 11.3 Å². The molecule has 0 saturated carbocycles. The van der Waals surface area contributed by atoms with E-state index in [0.29, 0.717) is 26.2 Å². The van der Waals surface area contributed by atoms with Gasteiger partial charge < -0.3 is 14.4 Å². The number of aromatic nitrogens is 1. The van der Waals surface area contributed by atoms with Crippen molar-refractivity contribution >= 4 is 17.2 Å². The molecular weight excluding hydrogens is 336 g/mol. The molecule has 4 rings (SSSR count). The number of thiophene rings is 1. The number of likely N-dealkylation sites (tertiary alicyclic amines) is 1. The van der Waals surface area contributed by atoms with Crippen molar-refractivity contribution in [1.29, 1.82) is 0 Å². The van der Waals surface area contributed by atoms with Crippen LogP contribution in [0.3, 0.4) is 0 Å². The van der Waals surface area contributed by atoms with E-state index < -0.39 is 0 Å². The molecule has 0 aliphatic carbocycles. The third kappa shape index (κ3) is 3.92. The zero-order valence-electron chi connectivity index (χ0n) is 14.1. The Hall–Kier alpha value is -1.76. The standard InChI is InChI=1S/C19H22N2O3S/c22-18(11-17-19-14(5-9-23-17)6-10-25-19)21-8-4-16(12-21)24-13-15-3-1-2-7-20-15/h1-3,6-7,10,16-17H,4-5,8-9,11-13H2/t16-,17-/m0/s1. The highest BCUT2D eigenvalue weighted by Gasteiger charge is 2.31. The molecule has 1 amide bonds.